The summed E-state index contributed by atoms with van der Waals surface area (Å²) in [4.78, 5) is 0. The fraction of sp³-hybridized carbons (Fsp3) is 0.833. The van der Waals surface area contributed by atoms with Crippen LogP contribution in [0.2, 0.25) is 0 Å². The Kier molecular flexibility index (Phi) is 1.50. The summed E-state index contributed by atoms with van der Waals surface area (Å²) < 4.78 is 0. The van der Waals surface area contributed by atoms with E-state index in [-0.39, 0.29) is 0 Å². The van der Waals surface area contributed by atoms with E-state index in [0.29, 0.717) is 10.8 Å². The average molecular weight is 164 g/mol. The molecular weight excluding hydrogens is 144 g/mol. The van der Waals surface area contributed by atoms with Crippen molar-refractivity contribution in [2.24, 2.45) is 16.7 Å². The summed E-state index contributed by atoms with van der Waals surface area (Å²) in [6.45, 7) is 11.2. The van der Waals surface area contributed by atoms with Crippen molar-refractivity contribution in [2.75, 3.05) is 0 Å². The van der Waals surface area contributed by atoms with Crippen molar-refractivity contribution in [3.05, 3.63) is 12.2 Å². The molecular formula is C12H20. The summed E-state index contributed by atoms with van der Waals surface area (Å²) in [6, 6.07) is 0. The standard InChI is InChI=1S/C12H20/c1-9(2)11(4)8-12(11)7-5-6-10(12)3/h10H,1,5-8H2,2-4H3. The highest BCUT2D eigenvalue weighted by Crippen LogP contribution is 2.75. The Balaban J connectivity index is 2.23. The number of hydrogen-bond donors (Lipinski definition) is 0. The third-order valence-electron chi connectivity index (χ3n) is 4.79. The zero-order chi connectivity index (χ0) is 8.98. The van der Waals surface area contributed by atoms with Crippen molar-refractivity contribution >= 4 is 0 Å². The molecule has 0 heteroatoms. The third-order valence-corrected chi connectivity index (χ3v) is 4.79. The molecule has 12 heavy (non-hydrogen) atoms. The molecule has 1 spiro atoms. The first-order valence-electron chi connectivity index (χ1n) is 5.19. The van der Waals surface area contributed by atoms with Crippen LogP contribution in [0, 0.1) is 16.7 Å². The molecule has 0 saturated heterocycles. The lowest BCUT2D eigenvalue weighted by Gasteiger charge is -2.22. The molecule has 3 atom stereocenters. The first-order valence-corrected chi connectivity index (χ1v) is 5.19. The van der Waals surface area contributed by atoms with Gasteiger partial charge in [0.05, 0.1) is 0 Å². The van der Waals surface area contributed by atoms with Gasteiger partial charge in [-0.1, -0.05) is 38.8 Å². The Morgan fingerprint density at radius 1 is 1.50 bits per heavy atom. The highest BCUT2D eigenvalue weighted by atomic mass is 14.7. The molecule has 2 rings (SSSR count). The van der Waals surface area contributed by atoms with Crippen LogP contribution in [0.4, 0.5) is 0 Å². The fourth-order valence-corrected chi connectivity index (χ4v) is 3.49. The zero-order valence-corrected chi connectivity index (χ0v) is 8.61. The Labute approximate surface area is 76.1 Å². The molecule has 0 N–H and O–H groups in total. The van der Waals surface area contributed by atoms with E-state index in [0.717, 1.165) is 5.92 Å². The maximum absolute atomic E-state index is 4.14. The lowest BCUT2D eigenvalue weighted by Crippen LogP contribution is -2.14. The topological polar surface area (TPSA) is 0 Å². The predicted molar refractivity (Wildman–Crippen MR) is 53.0 cm³/mol. The molecule has 2 aliphatic carbocycles. The van der Waals surface area contributed by atoms with Crippen molar-refractivity contribution in [3.63, 3.8) is 0 Å². The van der Waals surface area contributed by atoms with Crippen LogP contribution >= 0.6 is 0 Å². The normalized spacial score (nSPS) is 51.4. The zero-order valence-electron chi connectivity index (χ0n) is 8.61. The quantitative estimate of drug-likeness (QED) is 0.517. The van der Waals surface area contributed by atoms with Gasteiger partial charge in [-0.25, -0.2) is 0 Å². The Bertz CT molecular complexity index is 228. The van der Waals surface area contributed by atoms with Gasteiger partial charge in [0.1, 0.15) is 0 Å². The first-order chi connectivity index (χ1) is 5.53. The second-order valence-electron chi connectivity index (χ2n) is 5.24. The molecule has 3 unspecified atom stereocenters. The van der Waals surface area contributed by atoms with Crippen molar-refractivity contribution < 1.29 is 0 Å². The van der Waals surface area contributed by atoms with Crippen LogP contribution in [0.5, 0.6) is 0 Å². The smallest absolute Gasteiger partial charge is 0.00569 e. The summed E-state index contributed by atoms with van der Waals surface area (Å²) >= 11 is 0. The van der Waals surface area contributed by atoms with Crippen molar-refractivity contribution in [2.45, 2.75) is 46.5 Å². The lowest BCUT2D eigenvalue weighted by atomic mass is 9.82. The minimum Gasteiger partial charge on any atom is -0.0996 e. The third kappa shape index (κ3) is 0.739. The predicted octanol–water partition coefficient (Wildman–Crippen LogP) is 3.78. The van der Waals surface area contributed by atoms with Crippen molar-refractivity contribution in [1.29, 1.82) is 0 Å². The Morgan fingerprint density at radius 3 is 2.50 bits per heavy atom. The van der Waals surface area contributed by atoms with E-state index in [2.05, 4.69) is 27.4 Å². The fourth-order valence-electron chi connectivity index (χ4n) is 3.49. The molecule has 0 nitrogen and oxygen atoms in total. The molecule has 0 aromatic carbocycles. The van der Waals surface area contributed by atoms with Gasteiger partial charge in [0, 0.05) is 0 Å². The molecule has 2 saturated carbocycles. The maximum atomic E-state index is 4.14. The maximum Gasteiger partial charge on any atom is -0.00569 e. The van der Waals surface area contributed by atoms with E-state index in [1.165, 1.54) is 31.3 Å². The van der Waals surface area contributed by atoms with Crippen LogP contribution < -0.4 is 0 Å². The summed E-state index contributed by atoms with van der Waals surface area (Å²) in [5.74, 6) is 0.944. The summed E-state index contributed by atoms with van der Waals surface area (Å²) in [5, 5.41) is 0. The van der Waals surface area contributed by atoms with Gasteiger partial charge in [0.25, 0.3) is 0 Å². The summed E-state index contributed by atoms with van der Waals surface area (Å²) in [7, 11) is 0. The van der Waals surface area contributed by atoms with E-state index >= 15 is 0 Å². The van der Waals surface area contributed by atoms with Crippen LogP contribution in [0.3, 0.4) is 0 Å². The van der Waals surface area contributed by atoms with E-state index in [1.54, 1.807) is 0 Å². The second kappa shape index (κ2) is 2.16. The monoisotopic (exact) mass is 164 g/mol. The van der Waals surface area contributed by atoms with Crippen LogP contribution in [0.15, 0.2) is 12.2 Å². The molecule has 0 amide bonds. The van der Waals surface area contributed by atoms with Crippen molar-refractivity contribution in [3.8, 4) is 0 Å². The van der Waals surface area contributed by atoms with Gasteiger partial charge in [-0.3, -0.25) is 0 Å². The van der Waals surface area contributed by atoms with Gasteiger partial charge in [-0.15, -0.1) is 0 Å². The van der Waals surface area contributed by atoms with Gasteiger partial charge in [0.2, 0.25) is 0 Å². The molecule has 2 aliphatic rings. The van der Waals surface area contributed by atoms with E-state index in [4.69, 9.17) is 0 Å². The minimum atomic E-state index is 0.503. The van der Waals surface area contributed by atoms with Crippen LogP contribution in [-0.2, 0) is 0 Å². The van der Waals surface area contributed by atoms with Gasteiger partial charge in [-0.05, 0) is 36.5 Å². The lowest BCUT2D eigenvalue weighted by molar-refractivity contribution is 0.319. The second-order valence-corrected chi connectivity index (χ2v) is 5.24. The van der Waals surface area contributed by atoms with Crippen LogP contribution in [-0.4, -0.2) is 0 Å². The molecule has 68 valence electrons. The van der Waals surface area contributed by atoms with Gasteiger partial charge in [-0.2, -0.15) is 0 Å². The van der Waals surface area contributed by atoms with Crippen molar-refractivity contribution in [1.82, 2.24) is 0 Å². The molecule has 0 aromatic rings. The SMILES string of the molecule is C=C(C)C1(C)CC12CCCC2C. The number of allylic oxidation sites excluding steroid dienone is 1. The van der Waals surface area contributed by atoms with Crippen LogP contribution in [0.1, 0.15) is 46.5 Å². The number of rotatable bonds is 1. The largest absolute Gasteiger partial charge is 0.0996 e. The molecule has 0 radical (unpaired) electrons. The number of hydrogen-bond acceptors (Lipinski definition) is 0. The van der Waals surface area contributed by atoms with Gasteiger partial charge in [0.15, 0.2) is 0 Å². The minimum absolute atomic E-state index is 0.503. The summed E-state index contributed by atoms with van der Waals surface area (Å²) in [5.41, 5.74) is 2.60. The summed E-state index contributed by atoms with van der Waals surface area (Å²) in [6.07, 6.45) is 5.76. The van der Waals surface area contributed by atoms with Gasteiger partial charge < -0.3 is 0 Å². The van der Waals surface area contributed by atoms with E-state index < -0.39 is 0 Å². The average Bonchev–Trinajstić information content (AvgIpc) is 2.43. The molecule has 0 aliphatic heterocycles. The van der Waals surface area contributed by atoms with Gasteiger partial charge >= 0.3 is 0 Å². The Hall–Kier alpha value is -0.260. The molecule has 0 aromatic heterocycles. The molecule has 0 bridgehead atoms. The van der Waals surface area contributed by atoms with Crippen LogP contribution in [0.25, 0.3) is 0 Å². The highest BCUT2D eigenvalue weighted by Gasteiger charge is 2.67. The first kappa shape index (κ1) is 8.34. The Morgan fingerprint density at radius 2 is 2.17 bits per heavy atom. The molecule has 2 fully saturated rings. The van der Waals surface area contributed by atoms with E-state index in [9.17, 15) is 0 Å². The van der Waals surface area contributed by atoms with E-state index in [1.807, 2.05) is 0 Å². The highest BCUT2D eigenvalue weighted by molar-refractivity contribution is 5.28. The molecule has 0 heterocycles.